The largest absolute Gasteiger partial charge is 0.444 e. The zero-order chi connectivity index (χ0) is 18.0. The summed E-state index contributed by atoms with van der Waals surface area (Å²) in [5.74, 6) is 0.825. The third-order valence-corrected chi connectivity index (χ3v) is 3.55. The molecule has 0 saturated carbocycles. The number of rotatable bonds is 4. The third-order valence-electron chi connectivity index (χ3n) is 3.55. The van der Waals surface area contributed by atoms with Gasteiger partial charge >= 0.3 is 6.09 Å². The maximum absolute atomic E-state index is 11.7. The fourth-order valence-corrected chi connectivity index (χ4v) is 2.34. The Labute approximate surface area is 144 Å². The maximum Gasteiger partial charge on any atom is 0.407 e. The number of hydrogen-bond acceptors (Lipinski definition) is 6. The van der Waals surface area contributed by atoms with Crippen LogP contribution in [-0.4, -0.2) is 38.6 Å². The second kappa shape index (κ2) is 6.54. The second-order valence-electron chi connectivity index (χ2n) is 6.88. The highest BCUT2D eigenvalue weighted by atomic mass is 16.6. The number of nitrogens with one attached hydrogen (secondary N) is 2. The van der Waals surface area contributed by atoms with Gasteiger partial charge in [0.25, 0.3) is 5.89 Å². The lowest BCUT2D eigenvalue weighted by Crippen LogP contribution is -2.34. The molecule has 3 rings (SSSR count). The van der Waals surface area contributed by atoms with Crippen molar-refractivity contribution in [3.8, 4) is 11.5 Å². The van der Waals surface area contributed by atoms with Crippen LogP contribution in [0.5, 0.6) is 0 Å². The Morgan fingerprint density at radius 3 is 2.96 bits per heavy atom. The van der Waals surface area contributed by atoms with Crippen LogP contribution in [0.4, 0.5) is 4.79 Å². The van der Waals surface area contributed by atoms with Crippen LogP contribution in [0.15, 0.2) is 28.9 Å². The summed E-state index contributed by atoms with van der Waals surface area (Å²) < 4.78 is 10.6. The van der Waals surface area contributed by atoms with Gasteiger partial charge in [0.05, 0.1) is 17.3 Å². The number of fused-ring (bicyclic) bond motifs is 1. The topological polar surface area (TPSA) is 106 Å². The van der Waals surface area contributed by atoms with Crippen molar-refractivity contribution < 1.29 is 14.1 Å². The number of amides is 1. The molecular formula is C17H21N5O3. The van der Waals surface area contributed by atoms with Gasteiger partial charge in [-0.05, 0) is 32.9 Å². The first kappa shape index (κ1) is 16.9. The molecule has 0 spiro atoms. The minimum atomic E-state index is -0.532. The van der Waals surface area contributed by atoms with Crippen molar-refractivity contribution in [3.63, 3.8) is 0 Å². The van der Waals surface area contributed by atoms with E-state index in [9.17, 15) is 4.79 Å². The van der Waals surface area contributed by atoms with Gasteiger partial charge in [-0.3, -0.25) is 5.10 Å². The van der Waals surface area contributed by atoms with Crippen LogP contribution in [0.25, 0.3) is 22.4 Å². The molecule has 1 atom stereocenters. The van der Waals surface area contributed by atoms with Crippen molar-refractivity contribution >= 4 is 17.0 Å². The Kier molecular flexibility index (Phi) is 4.43. The first-order valence-corrected chi connectivity index (χ1v) is 8.06. The van der Waals surface area contributed by atoms with Crippen LogP contribution in [-0.2, 0) is 4.74 Å². The van der Waals surface area contributed by atoms with Crippen molar-refractivity contribution in [2.75, 3.05) is 6.54 Å². The zero-order valence-corrected chi connectivity index (χ0v) is 14.7. The molecule has 0 aliphatic carbocycles. The average Bonchev–Trinajstić information content (AvgIpc) is 3.19. The van der Waals surface area contributed by atoms with Gasteiger partial charge in [0.1, 0.15) is 5.60 Å². The van der Waals surface area contributed by atoms with E-state index in [1.165, 1.54) is 0 Å². The number of benzene rings is 1. The van der Waals surface area contributed by atoms with Gasteiger partial charge in [-0.25, -0.2) is 4.79 Å². The average molecular weight is 343 g/mol. The van der Waals surface area contributed by atoms with Gasteiger partial charge in [0.15, 0.2) is 5.82 Å². The van der Waals surface area contributed by atoms with Crippen molar-refractivity contribution in [1.29, 1.82) is 0 Å². The highest BCUT2D eigenvalue weighted by Crippen LogP contribution is 2.27. The summed E-state index contributed by atoms with van der Waals surface area (Å²) in [5, 5.41) is 14.6. The molecule has 2 heterocycles. The Morgan fingerprint density at radius 2 is 2.20 bits per heavy atom. The van der Waals surface area contributed by atoms with E-state index in [1.807, 2.05) is 45.9 Å². The highest BCUT2D eigenvalue weighted by Gasteiger charge is 2.20. The molecule has 0 fully saturated rings. The summed E-state index contributed by atoms with van der Waals surface area (Å²) in [6, 6.07) is 5.72. The number of aromatic amines is 1. The van der Waals surface area contributed by atoms with E-state index in [0.717, 1.165) is 16.5 Å². The molecule has 0 radical (unpaired) electrons. The number of H-pyrrole nitrogens is 1. The third kappa shape index (κ3) is 3.96. The monoisotopic (exact) mass is 343 g/mol. The fourth-order valence-electron chi connectivity index (χ4n) is 2.34. The van der Waals surface area contributed by atoms with Gasteiger partial charge in [-0.1, -0.05) is 18.1 Å². The lowest BCUT2D eigenvalue weighted by molar-refractivity contribution is 0.0524. The molecule has 1 aromatic carbocycles. The molecule has 25 heavy (non-hydrogen) atoms. The molecule has 2 aromatic heterocycles. The van der Waals surface area contributed by atoms with E-state index < -0.39 is 11.7 Å². The predicted molar refractivity (Wildman–Crippen MR) is 92.0 cm³/mol. The summed E-state index contributed by atoms with van der Waals surface area (Å²) in [6.45, 7) is 7.71. The molecule has 8 heteroatoms. The molecule has 0 bridgehead atoms. The number of hydrogen-bond donors (Lipinski definition) is 2. The first-order chi connectivity index (χ1) is 11.8. The number of carbonyl (C=O) groups excluding carboxylic acids is 1. The van der Waals surface area contributed by atoms with Gasteiger partial charge in [0, 0.05) is 17.8 Å². The highest BCUT2D eigenvalue weighted by molar-refractivity contribution is 5.91. The van der Waals surface area contributed by atoms with E-state index in [-0.39, 0.29) is 5.92 Å². The summed E-state index contributed by atoms with van der Waals surface area (Å²) in [7, 11) is 0. The minimum Gasteiger partial charge on any atom is -0.444 e. The Bertz CT molecular complexity index is 878. The zero-order valence-electron chi connectivity index (χ0n) is 14.7. The number of aromatic nitrogens is 4. The van der Waals surface area contributed by atoms with Crippen molar-refractivity contribution in [2.45, 2.75) is 39.2 Å². The molecule has 0 saturated heterocycles. The van der Waals surface area contributed by atoms with Gasteiger partial charge in [0.2, 0.25) is 0 Å². The smallest absolute Gasteiger partial charge is 0.407 e. The van der Waals surface area contributed by atoms with E-state index in [1.54, 1.807) is 6.20 Å². The lowest BCUT2D eigenvalue weighted by Gasteiger charge is -2.20. The molecule has 132 valence electrons. The quantitative estimate of drug-likeness (QED) is 0.753. The summed E-state index contributed by atoms with van der Waals surface area (Å²) in [5.41, 5.74) is 1.19. The van der Waals surface area contributed by atoms with Crippen LogP contribution in [0.2, 0.25) is 0 Å². The van der Waals surface area contributed by atoms with Crippen molar-refractivity contribution in [1.82, 2.24) is 25.7 Å². The standard InChI is InChI=1S/C17H21N5O3/c1-10(8-18-16(23)24-17(2,3)4)14-20-15(25-22-14)11-6-5-7-13-12(11)9-19-21-13/h5-7,9-10H,8H2,1-4H3,(H,18,23)(H,19,21). The molecule has 1 unspecified atom stereocenters. The normalized spacial score (nSPS) is 13.0. The molecule has 2 N–H and O–H groups in total. The van der Waals surface area contributed by atoms with Crippen LogP contribution in [0.3, 0.4) is 0 Å². The number of nitrogens with zero attached hydrogens (tertiary/aromatic N) is 3. The molecule has 0 aliphatic heterocycles. The molecule has 3 aromatic rings. The summed E-state index contributed by atoms with van der Waals surface area (Å²) in [4.78, 5) is 16.2. The first-order valence-electron chi connectivity index (χ1n) is 8.06. The fraction of sp³-hybridized carbons (Fsp3) is 0.412. The second-order valence-corrected chi connectivity index (χ2v) is 6.88. The van der Waals surface area contributed by atoms with E-state index in [4.69, 9.17) is 9.26 Å². The van der Waals surface area contributed by atoms with Gasteiger partial charge in [-0.2, -0.15) is 10.1 Å². The van der Waals surface area contributed by atoms with Crippen LogP contribution < -0.4 is 5.32 Å². The number of ether oxygens (including phenoxy) is 1. The maximum atomic E-state index is 11.7. The predicted octanol–water partition coefficient (Wildman–Crippen LogP) is 3.24. The summed E-state index contributed by atoms with van der Waals surface area (Å²) >= 11 is 0. The van der Waals surface area contributed by atoms with Crippen LogP contribution in [0, 0.1) is 0 Å². The number of alkyl carbamates (subject to hydrolysis) is 1. The van der Waals surface area contributed by atoms with E-state index in [0.29, 0.717) is 18.3 Å². The molecular weight excluding hydrogens is 322 g/mol. The van der Waals surface area contributed by atoms with E-state index >= 15 is 0 Å². The summed E-state index contributed by atoms with van der Waals surface area (Å²) in [6.07, 6.45) is 1.26. The molecule has 1 amide bonds. The lowest BCUT2D eigenvalue weighted by atomic mass is 10.1. The minimum absolute atomic E-state index is 0.117. The molecule has 8 nitrogen and oxygen atoms in total. The number of carbonyl (C=O) groups is 1. The van der Waals surface area contributed by atoms with Gasteiger partial charge in [-0.15, -0.1) is 0 Å². The molecule has 0 aliphatic rings. The van der Waals surface area contributed by atoms with Crippen molar-refractivity contribution in [2.24, 2.45) is 0 Å². The van der Waals surface area contributed by atoms with Crippen molar-refractivity contribution in [3.05, 3.63) is 30.2 Å². The SMILES string of the molecule is CC(CNC(=O)OC(C)(C)C)c1noc(-c2cccc3[nH]ncc23)n1. The Balaban J connectivity index is 1.69. The van der Waals surface area contributed by atoms with Gasteiger partial charge < -0.3 is 14.6 Å². The Hall–Kier alpha value is -2.90. The van der Waals surface area contributed by atoms with Crippen LogP contribution >= 0.6 is 0 Å². The van der Waals surface area contributed by atoms with E-state index in [2.05, 4.69) is 25.7 Å². The Morgan fingerprint density at radius 1 is 1.40 bits per heavy atom. The van der Waals surface area contributed by atoms with Crippen LogP contribution in [0.1, 0.15) is 39.4 Å².